The van der Waals surface area contributed by atoms with Crippen molar-refractivity contribution in [3.8, 4) is 11.3 Å². The number of carbonyl (C=O) groups is 1. The number of amides is 1. The summed E-state index contributed by atoms with van der Waals surface area (Å²) in [7, 11) is 0. The summed E-state index contributed by atoms with van der Waals surface area (Å²) >= 11 is 0. The number of H-pyrrole nitrogens is 1. The normalized spacial score (nSPS) is 23.4. The molecule has 1 amide bonds. The first-order chi connectivity index (χ1) is 15.5. The molecule has 2 fully saturated rings. The molecule has 1 unspecified atom stereocenters. The number of halogens is 3. The van der Waals surface area contributed by atoms with Crippen molar-refractivity contribution in [2.75, 3.05) is 13.2 Å². The smallest absolute Gasteiger partial charge is 0.226 e. The van der Waals surface area contributed by atoms with Crippen LogP contribution in [-0.4, -0.2) is 40.1 Å². The van der Waals surface area contributed by atoms with E-state index in [1.807, 2.05) is 0 Å². The van der Waals surface area contributed by atoms with Gasteiger partial charge in [-0.25, -0.2) is 13.2 Å². The Balaban J connectivity index is 1.47. The second-order valence-electron chi connectivity index (χ2n) is 8.96. The van der Waals surface area contributed by atoms with Gasteiger partial charge in [-0.1, -0.05) is 0 Å². The van der Waals surface area contributed by atoms with Gasteiger partial charge in [0.15, 0.2) is 0 Å². The molecule has 2 aliphatic rings. The number of carbonyl (C=O) groups excluding carboxylic acids is 1. The van der Waals surface area contributed by atoms with Gasteiger partial charge in [0.05, 0.1) is 23.9 Å². The molecule has 3 aromatic rings. The third kappa shape index (κ3) is 3.58. The molecule has 32 heavy (non-hydrogen) atoms. The van der Waals surface area contributed by atoms with E-state index in [9.17, 15) is 23.1 Å². The summed E-state index contributed by atoms with van der Waals surface area (Å²) in [6.07, 6.45) is 3.91. The minimum absolute atomic E-state index is 0.0302. The predicted octanol–water partition coefficient (Wildman–Crippen LogP) is 5.12. The van der Waals surface area contributed by atoms with Crippen LogP contribution in [0.1, 0.15) is 43.6 Å². The number of aromatic amines is 1. The Bertz CT molecular complexity index is 1150. The Morgan fingerprint density at radius 2 is 1.81 bits per heavy atom. The molecule has 1 aliphatic heterocycles. The highest BCUT2D eigenvalue weighted by molar-refractivity contribution is 5.92. The zero-order valence-corrected chi connectivity index (χ0v) is 17.6. The number of hydrogen-bond acceptors (Lipinski definition) is 2. The number of hydrogen-bond donors (Lipinski definition) is 2. The van der Waals surface area contributed by atoms with Crippen molar-refractivity contribution >= 4 is 16.8 Å². The first-order valence-corrected chi connectivity index (χ1v) is 11.1. The number of aliphatic hydroxyl groups is 1. The largest absolute Gasteiger partial charge is 0.394 e. The highest BCUT2D eigenvalue weighted by atomic mass is 19.1. The van der Waals surface area contributed by atoms with Crippen molar-refractivity contribution < 1.29 is 23.1 Å². The summed E-state index contributed by atoms with van der Waals surface area (Å²) in [6.45, 7) is 0.632. The highest BCUT2D eigenvalue weighted by Gasteiger charge is 2.41. The molecule has 2 heterocycles. The Labute approximate surface area is 184 Å². The molecule has 0 bridgehead atoms. The van der Waals surface area contributed by atoms with Crippen LogP contribution >= 0.6 is 0 Å². The lowest BCUT2D eigenvalue weighted by molar-refractivity contribution is -0.143. The van der Waals surface area contributed by atoms with Crippen molar-refractivity contribution in [1.82, 2.24) is 9.88 Å². The molecule has 1 saturated carbocycles. The average molecular weight is 442 g/mol. The van der Waals surface area contributed by atoms with Crippen LogP contribution in [0.15, 0.2) is 36.4 Å². The van der Waals surface area contributed by atoms with E-state index < -0.39 is 11.6 Å². The van der Waals surface area contributed by atoms with Crippen LogP contribution in [0.25, 0.3) is 22.2 Å². The van der Waals surface area contributed by atoms with Crippen LogP contribution in [0.5, 0.6) is 0 Å². The van der Waals surface area contributed by atoms with Gasteiger partial charge in [-0.05, 0) is 79.5 Å². The molecule has 5 rings (SSSR count). The van der Waals surface area contributed by atoms with Gasteiger partial charge in [0, 0.05) is 23.9 Å². The number of aliphatic hydroxyl groups excluding tert-OH is 1. The van der Waals surface area contributed by atoms with E-state index >= 15 is 0 Å². The molecular formula is C25H25F3N2O2. The molecule has 1 aliphatic carbocycles. The second-order valence-corrected chi connectivity index (χ2v) is 8.96. The summed E-state index contributed by atoms with van der Waals surface area (Å²) in [5.41, 5.74) is 2.30. The maximum Gasteiger partial charge on any atom is 0.226 e. The van der Waals surface area contributed by atoms with Crippen LogP contribution < -0.4 is 0 Å². The summed E-state index contributed by atoms with van der Waals surface area (Å²) in [5.74, 6) is -1.88. The highest BCUT2D eigenvalue weighted by Crippen LogP contribution is 2.49. The first-order valence-electron chi connectivity index (χ1n) is 11.1. The second kappa shape index (κ2) is 8.28. The van der Waals surface area contributed by atoms with Crippen molar-refractivity contribution in [2.45, 2.75) is 44.1 Å². The van der Waals surface area contributed by atoms with E-state index in [0.29, 0.717) is 36.0 Å². The molecule has 2 aromatic carbocycles. The molecule has 1 aromatic heterocycles. The number of nitrogens with zero attached hydrogens (tertiary/aromatic N) is 1. The van der Waals surface area contributed by atoms with Gasteiger partial charge in [0.25, 0.3) is 0 Å². The fraction of sp³-hybridized carbons (Fsp3) is 0.400. The topological polar surface area (TPSA) is 56.3 Å². The number of piperidine rings is 1. The Hall–Kier alpha value is -2.80. The Kier molecular flexibility index (Phi) is 5.45. The number of aromatic nitrogens is 1. The van der Waals surface area contributed by atoms with Crippen LogP contribution in [0.4, 0.5) is 13.2 Å². The monoisotopic (exact) mass is 442 g/mol. The van der Waals surface area contributed by atoms with Gasteiger partial charge < -0.3 is 15.0 Å². The molecule has 168 valence electrons. The Morgan fingerprint density at radius 3 is 2.53 bits per heavy atom. The average Bonchev–Trinajstić information content (AvgIpc) is 3.12. The van der Waals surface area contributed by atoms with Crippen molar-refractivity contribution in [2.24, 2.45) is 5.92 Å². The molecule has 7 heteroatoms. The Morgan fingerprint density at radius 1 is 1.06 bits per heavy atom. The lowest BCUT2D eigenvalue weighted by Crippen LogP contribution is -2.50. The van der Waals surface area contributed by atoms with Gasteiger partial charge in [-0.15, -0.1) is 0 Å². The minimum Gasteiger partial charge on any atom is -0.394 e. The zero-order chi connectivity index (χ0) is 22.4. The molecule has 1 saturated heterocycles. The number of likely N-dealkylation sites (tertiary alicyclic amines) is 1. The first kappa shape index (κ1) is 21.1. The van der Waals surface area contributed by atoms with Gasteiger partial charge in [0.2, 0.25) is 5.91 Å². The summed E-state index contributed by atoms with van der Waals surface area (Å²) in [4.78, 5) is 18.0. The van der Waals surface area contributed by atoms with E-state index in [-0.39, 0.29) is 41.7 Å². The lowest BCUT2D eigenvalue weighted by Gasteiger charge is -2.42. The maximum atomic E-state index is 14.5. The number of nitrogens with one attached hydrogen (secondary N) is 1. The third-order valence-corrected chi connectivity index (χ3v) is 7.01. The minimum atomic E-state index is -0.680. The summed E-state index contributed by atoms with van der Waals surface area (Å²) < 4.78 is 42.0. The molecule has 4 nitrogen and oxygen atoms in total. The van der Waals surface area contributed by atoms with Gasteiger partial charge >= 0.3 is 0 Å². The quantitative estimate of drug-likeness (QED) is 0.589. The zero-order valence-electron chi connectivity index (χ0n) is 17.6. The van der Waals surface area contributed by atoms with Gasteiger partial charge in [0.1, 0.15) is 17.5 Å². The van der Waals surface area contributed by atoms with Crippen LogP contribution in [-0.2, 0) is 4.79 Å². The number of rotatable bonds is 4. The van der Waals surface area contributed by atoms with Gasteiger partial charge in [-0.2, -0.15) is 0 Å². The molecule has 2 N–H and O–H groups in total. The lowest BCUT2D eigenvalue weighted by atomic mass is 9.69. The van der Waals surface area contributed by atoms with Crippen LogP contribution in [0.3, 0.4) is 0 Å². The van der Waals surface area contributed by atoms with Crippen LogP contribution in [0, 0.1) is 23.4 Å². The molecule has 0 radical (unpaired) electrons. The summed E-state index contributed by atoms with van der Waals surface area (Å²) in [6, 6.07) is 7.92. The van der Waals surface area contributed by atoms with E-state index in [1.165, 1.54) is 18.2 Å². The van der Waals surface area contributed by atoms with Crippen LogP contribution in [0.2, 0.25) is 0 Å². The van der Waals surface area contributed by atoms with E-state index in [1.54, 1.807) is 17.0 Å². The molecular weight excluding hydrogens is 417 g/mol. The van der Waals surface area contributed by atoms with E-state index in [2.05, 4.69) is 4.98 Å². The van der Waals surface area contributed by atoms with Crippen molar-refractivity contribution in [1.29, 1.82) is 0 Å². The fourth-order valence-electron chi connectivity index (χ4n) is 5.28. The number of benzene rings is 2. The van der Waals surface area contributed by atoms with Crippen molar-refractivity contribution in [3.63, 3.8) is 0 Å². The van der Waals surface area contributed by atoms with Gasteiger partial charge in [-0.3, -0.25) is 4.79 Å². The maximum absolute atomic E-state index is 14.5. The number of fused-ring (bicyclic) bond motifs is 1. The standard InChI is InChI=1S/C25H25F3N2O2/c26-17-6-4-14(5-7-17)23-22(20-11-18(27)12-21(28)24(20)29-23)15-9-16(10-15)25(32)30-8-2-1-3-19(30)13-31/h4-7,11-12,15-16,19,29,31H,1-3,8-10,13H2/t15-,16-,19?. The van der Waals surface area contributed by atoms with E-state index in [4.69, 9.17) is 0 Å². The SMILES string of the molecule is O=C([C@H]1C[C@H](c2c(-c3ccc(F)cc3)[nH]c3c(F)cc(F)cc32)C1)N1CCCCC1CO. The van der Waals surface area contributed by atoms with Crippen molar-refractivity contribution in [3.05, 3.63) is 59.4 Å². The fourth-order valence-corrected chi connectivity index (χ4v) is 5.28. The van der Waals surface area contributed by atoms with E-state index in [0.717, 1.165) is 30.9 Å². The summed E-state index contributed by atoms with van der Waals surface area (Å²) in [5, 5.41) is 10.1. The molecule has 1 atom stereocenters. The predicted molar refractivity (Wildman–Crippen MR) is 116 cm³/mol. The third-order valence-electron chi connectivity index (χ3n) is 7.01. The molecule has 0 spiro atoms.